The van der Waals surface area contributed by atoms with Crippen molar-refractivity contribution in [3.63, 3.8) is 0 Å². The lowest BCUT2D eigenvalue weighted by molar-refractivity contribution is -0.128. The van der Waals surface area contributed by atoms with Gasteiger partial charge in [-0.3, -0.25) is 4.79 Å². The number of nitrogens with zero attached hydrogens (tertiary/aromatic N) is 3. The van der Waals surface area contributed by atoms with Crippen molar-refractivity contribution in [2.75, 3.05) is 37.8 Å². The molecule has 1 amide bonds. The van der Waals surface area contributed by atoms with Crippen molar-refractivity contribution >= 4 is 29.3 Å². The zero-order chi connectivity index (χ0) is 14.3. The van der Waals surface area contributed by atoms with Crippen LogP contribution in [-0.4, -0.2) is 48.0 Å². The van der Waals surface area contributed by atoms with E-state index in [4.69, 9.17) is 11.6 Å². The molecule has 0 fully saturated rings. The average molecular weight is 286 g/mol. The van der Waals surface area contributed by atoms with E-state index in [1.54, 1.807) is 25.2 Å². The smallest absolute Gasteiger partial charge is 0.224 e. The fourth-order valence-electron chi connectivity index (χ4n) is 1.32. The van der Waals surface area contributed by atoms with Crippen LogP contribution in [0, 0.1) is 0 Å². The molecular formula is C12H20ClN5O. The molecule has 1 rings (SSSR count). The molecule has 0 radical (unpaired) electrons. The van der Waals surface area contributed by atoms with Gasteiger partial charge < -0.3 is 15.5 Å². The number of carbonyl (C=O) groups excluding carboxylic acids is 1. The lowest BCUT2D eigenvalue weighted by Crippen LogP contribution is -2.24. The van der Waals surface area contributed by atoms with E-state index in [0.717, 1.165) is 13.0 Å². The lowest BCUT2D eigenvalue weighted by atomic mass is 10.4. The topological polar surface area (TPSA) is 70.2 Å². The minimum Gasteiger partial charge on any atom is -0.368 e. The third-order valence-electron chi connectivity index (χ3n) is 2.41. The Bertz CT molecular complexity index is 425. The Morgan fingerprint density at radius 1 is 1.37 bits per heavy atom. The maximum Gasteiger partial charge on any atom is 0.224 e. The highest BCUT2D eigenvalue weighted by Gasteiger charge is 2.07. The van der Waals surface area contributed by atoms with E-state index in [9.17, 15) is 4.79 Å². The normalized spacial score (nSPS) is 10.1. The van der Waals surface area contributed by atoms with Gasteiger partial charge in [-0.1, -0.05) is 18.5 Å². The number of amides is 1. The molecule has 0 aliphatic carbocycles. The fraction of sp³-hybridized carbons (Fsp3) is 0.583. The van der Waals surface area contributed by atoms with Crippen LogP contribution < -0.4 is 10.6 Å². The van der Waals surface area contributed by atoms with Gasteiger partial charge in [0.15, 0.2) is 0 Å². The van der Waals surface area contributed by atoms with Crippen LogP contribution in [0.4, 0.5) is 11.8 Å². The predicted octanol–water partition coefficient (Wildman–Crippen LogP) is 1.84. The highest BCUT2D eigenvalue weighted by atomic mass is 35.5. The number of aromatic nitrogens is 2. The molecule has 106 valence electrons. The number of anilines is 2. The molecule has 19 heavy (non-hydrogen) atoms. The SMILES string of the molecule is CCCNc1ncc(Cl)c(NCCC(=O)N(C)C)n1. The Hall–Kier alpha value is -1.56. The first kappa shape index (κ1) is 15.5. The molecule has 1 aromatic heterocycles. The second kappa shape index (κ2) is 7.78. The summed E-state index contributed by atoms with van der Waals surface area (Å²) in [5, 5.41) is 6.57. The van der Waals surface area contributed by atoms with E-state index in [1.807, 2.05) is 0 Å². The Labute approximate surface area is 118 Å². The molecule has 1 aromatic rings. The van der Waals surface area contributed by atoms with Crippen LogP contribution in [0.3, 0.4) is 0 Å². The van der Waals surface area contributed by atoms with Crippen molar-refractivity contribution < 1.29 is 4.79 Å². The number of hydrogen-bond donors (Lipinski definition) is 2. The van der Waals surface area contributed by atoms with Crippen molar-refractivity contribution in [1.29, 1.82) is 0 Å². The predicted molar refractivity (Wildman–Crippen MR) is 77.6 cm³/mol. The van der Waals surface area contributed by atoms with Crippen molar-refractivity contribution in [2.24, 2.45) is 0 Å². The Morgan fingerprint density at radius 2 is 2.11 bits per heavy atom. The van der Waals surface area contributed by atoms with Crippen LogP contribution >= 0.6 is 11.6 Å². The average Bonchev–Trinajstić information content (AvgIpc) is 2.39. The van der Waals surface area contributed by atoms with Crippen LogP contribution in [0.2, 0.25) is 5.02 Å². The first-order valence-corrected chi connectivity index (χ1v) is 6.62. The van der Waals surface area contributed by atoms with E-state index in [0.29, 0.717) is 29.8 Å². The Balaban J connectivity index is 2.54. The van der Waals surface area contributed by atoms with E-state index in [-0.39, 0.29) is 5.91 Å². The molecule has 1 heterocycles. The van der Waals surface area contributed by atoms with Crippen molar-refractivity contribution in [2.45, 2.75) is 19.8 Å². The van der Waals surface area contributed by atoms with Gasteiger partial charge in [0.05, 0.1) is 6.20 Å². The maximum absolute atomic E-state index is 11.4. The standard InChI is InChI=1S/C12H20ClN5O/c1-4-6-15-12-16-8-9(13)11(17-12)14-7-5-10(19)18(2)3/h8H,4-7H2,1-3H3,(H2,14,15,16,17). The number of nitrogens with one attached hydrogen (secondary N) is 2. The second-order valence-electron chi connectivity index (χ2n) is 4.28. The highest BCUT2D eigenvalue weighted by molar-refractivity contribution is 6.32. The van der Waals surface area contributed by atoms with E-state index < -0.39 is 0 Å². The summed E-state index contributed by atoms with van der Waals surface area (Å²) >= 11 is 6.00. The summed E-state index contributed by atoms with van der Waals surface area (Å²) in [6.45, 7) is 3.36. The maximum atomic E-state index is 11.4. The van der Waals surface area contributed by atoms with E-state index in [1.165, 1.54) is 0 Å². The summed E-state index contributed by atoms with van der Waals surface area (Å²) < 4.78 is 0. The summed E-state index contributed by atoms with van der Waals surface area (Å²) in [6.07, 6.45) is 2.93. The number of halogens is 1. The Kier molecular flexibility index (Phi) is 6.35. The summed E-state index contributed by atoms with van der Waals surface area (Å²) in [4.78, 5) is 21.3. The third kappa shape index (κ3) is 5.30. The third-order valence-corrected chi connectivity index (χ3v) is 2.68. The minimum absolute atomic E-state index is 0.0574. The van der Waals surface area contributed by atoms with E-state index >= 15 is 0 Å². The zero-order valence-corrected chi connectivity index (χ0v) is 12.3. The van der Waals surface area contributed by atoms with Gasteiger partial charge in [0.1, 0.15) is 10.8 Å². The molecule has 0 atom stereocenters. The molecule has 0 aliphatic rings. The molecule has 0 saturated carbocycles. The molecule has 0 unspecified atom stereocenters. The Morgan fingerprint density at radius 3 is 2.74 bits per heavy atom. The monoisotopic (exact) mass is 285 g/mol. The highest BCUT2D eigenvalue weighted by Crippen LogP contribution is 2.19. The molecule has 0 aromatic carbocycles. The quantitative estimate of drug-likeness (QED) is 0.800. The molecule has 0 bridgehead atoms. The zero-order valence-electron chi connectivity index (χ0n) is 11.5. The molecule has 7 heteroatoms. The second-order valence-corrected chi connectivity index (χ2v) is 4.69. The van der Waals surface area contributed by atoms with Crippen molar-refractivity contribution in [1.82, 2.24) is 14.9 Å². The summed E-state index contributed by atoms with van der Waals surface area (Å²) in [6, 6.07) is 0. The molecule has 0 spiro atoms. The molecule has 6 nitrogen and oxygen atoms in total. The summed E-state index contributed by atoms with van der Waals surface area (Å²) in [5.74, 6) is 1.14. The fourth-order valence-corrected chi connectivity index (χ4v) is 1.48. The van der Waals surface area contributed by atoms with Gasteiger partial charge in [0.2, 0.25) is 11.9 Å². The van der Waals surface area contributed by atoms with E-state index in [2.05, 4.69) is 27.5 Å². The number of rotatable bonds is 7. The lowest BCUT2D eigenvalue weighted by Gasteiger charge is -2.12. The summed E-state index contributed by atoms with van der Waals surface area (Å²) in [5.41, 5.74) is 0. The van der Waals surface area contributed by atoms with Crippen LogP contribution in [0.25, 0.3) is 0 Å². The largest absolute Gasteiger partial charge is 0.368 e. The van der Waals surface area contributed by atoms with Crippen molar-refractivity contribution in [3.8, 4) is 0 Å². The first-order chi connectivity index (χ1) is 9.04. The van der Waals surface area contributed by atoms with Gasteiger partial charge in [-0.25, -0.2) is 4.98 Å². The molecule has 2 N–H and O–H groups in total. The number of carbonyl (C=O) groups is 1. The van der Waals surface area contributed by atoms with Gasteiger partial charge in [0.25, 0.3) is 0 Å². The first-order valence-electron chi connectivity index (χ1n) is 6.25. The van der Waals surface area contributed by atoms with Crippen LogP contribution in [0.1, 0.15) is 19.8 Å². The van der Waals surface area contributed by atoms with Crippen LogP contribution in [-0.2, 0) is 4.79 Å². The minimum atomic E-state index is 0.0574. The van der Waals surface area contributed by atoms with Gasteiger partial charge >= 0.3 is 0 Å². The summed E-state index contributed by atoms with van der Waals surface area (Å²) in [7, 11) is 3.46. The van der Waals surface area contributed by atoms with Gasteiger partial charge in [0, 0.05) is 33.6 Å². The van der Waals surface area contributed by atoms with Crippen LogP contribution in [0.15, 0.2) is 6.20 Å². The van der Waals surface area contributed by atoms with Gasteiger partial charge in [-0.05, 0) is 6.42 Å². The molecule has 0 aliphatic heterocycles. The van der Waals surface area contributed by atoms with Gasteiger partial charge in [-0.2, -0.15) is 4.98 Å². The van der Waals surface area contributed by atoms with Crippen LogP contribution in [0.5, 0.6) is 0 Å². The molecular weight excluding hydrogens is 266 g/mol. The van der Waals surface area contributed by atoms with Crippen molar-refractivity contribution in [3.05, 3.63) is 11.2 Å². The van der Waals surface area contributed by atoms with Gasteiger partial charge in [-0.15, -0.1) is 0 Å². The number of hydrogen-bond acceptors (Lipinski definition) is 5. The molecule has 0 saturated heterocycles.